The molecule has 0 fully saturated rings. The van der Waals surface area contributed by atoms with Gasteiger partial charge in [-0.2, -0.15) is 0 Å². The van der Waals surface area contributed by atoms with Gasteiger partial charge in [-0.05, 0) is 24.6 Å². The zero-order valence-electron chi connectivity index (χ0n) is 10.2. The van der Waals surface area contributed by atoms with Crippen LogP contribution in [0.3, 0.4) is 0 Å². The van der Waals surface area contributed by atoms with Crippen LogP contribution in [-0.4, -0.2) is 25.0 Å². The van der Waals surface area contributed by atoms with E-state index in [9.17, 15) is 9.59 Å². The number of benzene rings is 1. The topological polar surface area (TPSA) is 81.4 Å². The SMILES string of the molecule is CC[C@H](N)C(=O)Nc1ccc(Cl)cc1C(=O)OC. The van der Waals surface area contributed by atoms with Gasteiger partial charge >= 0.3 is 5.97 Å². The summed E-state index contributed by atoms with van der Waals surface area (Å²) < 4.78 is 4.62. The number of amides is 1. The van der Waals surface area contributed by atoms with Crippen molar-refractivity contribution in [1.29, 1.82) is 0 Å². The molecule has 1 amide bonds. The second-order valence-corrected chi connectivity index (χ2v) is 4.12. The number of hydrogen-bond acceptors (Lipinski definition) is 4. The van der Waals surface area contributed by atoms with Gasteiger partial charge in [0.15, 0.2) is 0 Å². The second-order valence-electron chi connectivity index (χ2n) is 3.69. The highest BCUT2D eigenvalue weighted by Gasteiger charge is 2.17. The molecule has 1 rings (SSSR count). The van der Waals surface area contributed by atoms with Gasteiger partial charge in [0.05, 0.1) is 24.4 Å². The van der Waals surface area contributed by atoms with Crippen molar-refractivity contribution in [2.24, 2.45) is 5.73 Å². The number of anilines is 1. The maximum Gasteiger partial charge on any atom is 0.340 e. The van der Waals surface area contributed by atoms with Crippen LogP contribution in [0.1, 0.15) is 23.7 Å². The Morgan fingerprint density at radius 3 is 2.72 bits per heavy atom. The van der Waals surface area contributed by atoms with Gasteiger partial charge in [0.25, 0.3) is 0 Å². The predicted octanol–water partition coefficient (Wildman–Crippen LogP) is 1.80. The van der Waals surface area contributed by atoms with E-state index in [4.69, 9.17) is 17.3 Å². The van der Waals surface area contributed by atoms with Crippen LogP contribution in [0.2, 0.25) is 5.02 Å². The number of carbonyl (C=O) groups is 2. The second kappa shape index (κ2) is 6.37. The first-order valence-corrected chi connectivity index (χ1v) is 5.81. The Hall–Kier alpha value is -1.59. The van der Waals surface area contributed by atoms with Crippen LogP contribution < -0.4 is 11.1 Å². The largest absolute Gasteiger partial charge is 0.465 e. The summed E-state index contributed by atoms with van der Waals surface area (Å²) in [6.45, 7) is 1.80. The van der Waals surface area contributed by atoms with Gasteiger partial charge in [-0.25, -0.2) is 4.79 Å². The number of nitrogens with two attached hydrogens (primary N) is 1. The standard InChI is InChI=1S/C12H15ClN2O3/c1-3-9(14)11(16)15-10-5-4-7(13)6-8(10)12(17)18-2/h4-6,9H,3,14H2,1-2H3,(H,15,16)/t9-/m0/s1. The molecule has 0 saturated carbocycles. The summed E-state index contributed by atoms with van der Waals surface area (Å²) in [5, 5.41) is 2.96. The molecule has 0 aliphatic rings. The average Bonchev–Trinajstić information content (AvgIpc) is 2.38. The molecule has 0 unspecified atom stereocenters. The minimum Gasteiger partial charge on any atom is -0.465 e. The third-order valence-electron chi connectivity index (χ3n) is 2.42. The van der Waals surface area contributed by atoms with Crippen LogP contribution in [0.5, 0.6) is 0 Å². The fourth-order valence-electron chi connectivity index (χ4n) is 1.32. The molecule has 1 atom stereocenters. The van der Waals surface area contributed by atoms with Crippen molar-refractivity contribution >= 4 is 29.2 Å². The quantitative estimate of drug-likeness (QED) is 0.818. The van der Waals surface area contributed by atoms with E-state index in [-0.39, 0.29) is 11.5 Å². The van der Waals surface area contributed by atoms with Crippen LogP contribution in [0, 0.1) is 0 Å². The van der Waals surface area contributed by atoms with Crippen molar-refractivity contribution < 1.29 is 14.3 Å². The lowest BCUT2D eigenvalue weighted by Gasteiger charge is -2.13. The first-order chi connectivity index (χ1) is 8.49. The van der Waals surface area contributed by atoms with Crippen LogP contribution in [0.15, 0.2) is 18.2 Å². The highest BCUT2D eigenvalue weighted by Crippen LogP contribution is 2.21. The zero-order valence-corrected chi connectivity index (χ0v) is 11.0. The molecule has 5 nitrogen and oxygen atoms in total. The third kappa shape index (κ3) is 3.45. The summed E-state index contributed by atoms with van der Waals surface area (Å²) in [7, 11) is 1.26. The minimum absolute atomic E-state index is 0.196. The van der Waals surface area contributed by atoms with Crippen LogP contribution in [-0.2, 0) is 9.53 Å². The van der Waals surface area contributed by atoms with Crippen molar-refractivity contribution in [1.82, 2.24) is 0 Å². The molecule has 1 aromatic rings. The van der Waals surface area contributed by atoms with Crippen LogP contribution >= 0.6 is 11.6 Å². The first kappa shape index (κ1) is 14.5. The van der Waals surface area contributed by atoms with Gasteiger partial charge in [-0.3, -0.25) is 4.79 Å². The Bertz CT molecular complexity index is 463. The van der Waals surface area contributed by atoms with Gasteiger partial charge in [-0.1, -0.05) is 18.5 Å². The number of hydrogen-bond donors (Lipinski definition) is 2. The van der Waals surface area contributed by atoms with Gasteiger partial charge < -0.3 is 15.8 Å². The van der Waals surface area contributed by atoms with Crippen LogP contribution in [0.4, 0.5) is 5.69 Å². The van der Waals surface area contributed by atoms with E-state index in [1.165, 1.54) is 19.2 Å². The average molecular weight is 271 g/mol. The van der Waals surface area contributed by atoms with Crippen molar-refractivity contribution in [3.05, 3.63) is 28.8 Å². The van der Waals surface area contributed by atoms with E-state index in [0.29, 0.717) is 17.1 Å². The zero-order chi connectivity index (χ0) is 13.7. The van der Waals surface area contributed by atoms with Gasteiger partial charge in [0, 0.05) is 5.02 Å². The Morgan fingerprint density at radius 1 is 1.50 bits per heavy atom. The summed E-state index contributed by atoms with van der Waals surface area (Å²) in [6, 6.07) is 3.92. The maximum absolute atomic E-state index is 11.7. The number of ether oxygens (including phenoxy) is 1. The van der Waals surface area contributed by atoms with E-state index in [0.717, 1.165) is 0 Å². The molecule has 0 radical (unpaired) electrons. The molecule has 0 bridgehead atoms. The molecule has 0 aliphatic heterocycles. The molecular formula is C12H15ClN2O3. The maximum atomic E-state index is 11.7. The number of methoxy groups -OCH3 is 1. The molecule has 98 valence electrons. The summed E-state index contributed by atoms with van der Waals surface area (Å²) in [5.74, 6) is -0.928. The lowest BCUT2D eigenvalue weighted by atomic mass is 10.1. The predicted molar refractivity (Wildman–Crippen MR) is 69.7 cm³/mol. The molecule has 0 spiro atoms. The van der Waals surface area contributed by atoms with Gasteiger partial charge in [0.1, 0.15) is 0 Å². The normalized spacial score (nSPS) is 11.8. The lowest BCUT2D eigenvalue weighted by Crippen LogP contribution is -2.35. The molecule has 3 N–H and O–H groups in total. The van der Waals surface area contributed by atoms with E-state index in [1.807, 2.05) is 0 Å². The number of halogens is 1. The lowest BCUT2D eigenvalue weighted by molar-refractivity contribution is -0.117. The van der Waals surface area contributed by atoms with E-state index in [1.54, 1.807) is 13.0 Å². The summed E-state index contributed by atoms with van der Waals surface area (Å²) >= 11 is 5.80. The highest BCUT2D eigenvalue weighted by atomic mass is 35.5. The Morgan fingerprint density at radius 2 is 2.17 bits per heavy atom. The van der Waals surface area contributed by atoms with Crippen molar-refractivity contribution in [2.75, 3.05) is 12.4 Å². The summed E-state index contributed by atoms with van der Waals surface area (Å²) in [4.78, 5) is 23.2. The molecule has 0 saturated heterocycles. The van der Waals surface area contributed by atoms with Crippen LogP contribution in [0.25, 0.3) is 0 Å². The summed E-state index contributed by atoms with van der Waals surface area (Å²) in [5.41, 5.74) is 6.13. The van der Waals surface area contributed by atoms with E-state index in [2.05, 4.69) is 10.1 Å². The smallest absolute Gasteiger partial charge is 0.340 e. The first-order valence-electron chi connectivity index (χ1n) is 5.44. The van der Waals surface area contributed by atoms with E-state index >= 15 is 0 Å². The Kier molecular flexibility index (Phi) is 5.12. The molecule has 0 heterocycles. The minimum atomic E-state index is -0.619. The number of carbonyl (C=O) groups excluding carboxylic acids is 2. The van der Waals surface area contributed by atoms with Crippen molar-refractivity contribution in [2.45, 2.75) is 19.4 Å². The third-order valence-corrected chi connectivity index (χ3v) is 2.66. The van der Waals surface area contributed by atoms with Gasteiger partial charge in [0.2, 0.25) is 5.91 Å². The number of rotatable bonds is 4. The van der Waals surface area contributed by atoms with Crippen molar-refractivity contribution in [3.63, 3.8) is 0 Å². The molecule has 0 aliphatic carbocycles. The molecule has 6 heteroatoms. The Balaban J connectivity index is 3.01. The number of esters is 1. The van der Waals surface area contributed by atoms with Crippen molar-refractivity contribution in [3.8, 4) is 0 Å². The fraction of sp³-hybridized carbons (Fsp3) is 0.333. The van der Waals surface area contributed by atoms with E-state index < -0.39 is 12.0 Å². The Labute approximate surface area is 110 Å². The monoisotopic (exact) mass is 270 g/mol. The number of nitrogens with one attached hydrogen (secondary N) is 1. The molecule has 18 heavy (non-hydrogen) atoms. The highest BCUT2D eigenvalue weighted by molar-refractivity contribution is 6.31. The fourth-order valence-corrected chi connectivity index (χ4v) is 1.49. The summed E-state index contributed by atoms with van der Waals surface area (Å²) in [6.07, 6.45) is 0.507. The van der Waals surface area contributed by atoms with Gasteiger partial charge in [-0.15, -0.1) is 0 Å². The molecule has 1 aromatic carbocycles. The molecule has 0 aromatic heterocycles. The molecular weight excluding hydrogens is 256 g/mol.